The largest absolute Gasteiger partial charge is 0.480 e. The molecule has 4 amide bonds. The van der Waals surface area contributed by atoms with E-state index < -0.39 is 66.3 Å². The lowest BCUT2D eigenvalue weighted by atomic mass is 10.0. The van der Waals surface area contributed by atoms with Gasteiger partial charge in [-0.3, -0.25) is 19.2 Å². The SMILES string of the molecule is CC(C)C(NC(=O)C(CCC(N)=O)NC(=O)C(CO)NC(=O)C(N)CS)C(=O)O. The molecule has 0 spiro atoms. The molecule has 0 aromatic heterocycles. The fourth-order valence-corrected chi connectivity index (χ4v) is 2.32. The van der Waals surface area contributed by atoms with Gasteiger partial charge in [0.1, 0.15) is 18.1 Å². The van der Waals surface area contributed by atoms with Crippen molar-refractivity contribution in [3.05, 3.63) is 0 Å². The van der Waals surface area contributed by atoms with Gasteiger partial charge < -0.3 is 37.6 Å². The molecule has 0 heterocycles. The second-order valence-electron chi connectivity index (χ2n) is 6.67. The Labute approximate surface area is 173 Å². The first-order valence-corrected chi connectivity index (χ1v) is 9.47. The third-order valence-electron chi connectivity index (χ3n) is 3.89. The molecule has 4 unspecified atom stereocenters. The van der Waals surface area contributed by atoms with Crippen LogP contribution in [0, 0.1) is 5.92 Å². The van der Waals surface area contributed by atoms with Crippen LogP contribution in [0.25, 0.3) is 0 Å². The Morgan fingerprint density at radius 3 is 1.90 bits per heavy atom. The van der Waals surface area contributed by atoms with Crippen LogP contribution in [0.3, 0.4) is 0 Å². The van der Waals surface area contributed by atoms with E-state index in [1.807, 2.05) is 0 Å². The third kappa shape index (κ3) is 9.58. The molecular formula is C16H29N5O7S. The summed E-state index contributed by atoms with van der Waals surface area (Å²) in [6.45, 7) is 2.38. The highest BCUT2D eigenvalue weighted by molar-refractivity contribution is 7.80. The average molecular weight is 436 g/mol. The summed E-state index contributed by atoms with van der Waals surface area (Å²) in [7, 11) is 0. The number of nitrogens with two attached hydrogens (primary N) is 2. The van der Waals surface area contributed by atoms with Gasteiger partial charge in [0, 0.05) is 12.2 Å². The number of carbonyl (C=O) groups excluding carboxylic acids is 4. The minimum Gasteiger partial charge on any atom is -0.480 e. The Bertz CT molecular complexity index is 616. The maximum Gasteiger partial charge on any atom is 0.326 e. The number of aliphatic hydroxyl groups is 1. The van der Waals surface area contributed by atoms with Crippen molar-refractivity contribution >= 4 is 42.2 Å². The van der Waals surface area contributed by atoms with Crippen molar-refractivity contribution in [2.24, 2.45) is 17.4 Å². The molecule has 9 N–H and O–H groups in total. The first-order valence-electron chi connectivity index (χ1n) is 8.84. The van der Waals surface area contributed by atoms with Crippen LogP contribution >= 0.6 is 12.6 Å². The number of aliphatic carboxylic acids is 1. The number of hydrogen-bond donors (Lipinski definition) is 8. The summed E-state index contributed by atoms with van der Waals surface area (Å²) in [5, 5.41) is 25.4. The molecule has 166 valence electrons. The molecule has 13 heteroatoms. The Morgan fingerprint density at radius 2 is 1.48 bits per heavy atom. The quantitative estimate of drug-likeness (QED) is 0.137. The molecule has 0 aromatic rings. The van der Waals surface area contributed by atoms with Crippen molar-refractivity contribution in [3.63, 3.8) is 0 Å². The van der Waals surface area contributed by atoms with E-state index in [9.17, 15) is 34.2 Å². The molecule has 0 aliphatic heterocycles. The Kier molecular flexibility index (Phi) is 11.9. The van der Waals surface area contributed by atoms with Gasteiger partial charge in [-0.2, -0.15) is 12.6 Å². The lowest BCUT2D eigenvalue weighted by Gasteiger charge is -2.25. The number of carbonyl (C=O) groups is 5. The second-order valence-corrected chi connectivity index (χ2v) is 7.03. The van der Waals surface area contributed by atoms with Crippen LogP contribution < -0.4 is 27.4 Å². The molecule has 0 saturated heterocycles. The van der Waals surface area contributed by atoms with E-state index in [1.54, 1.807) is 13.8 Å². The Morgan fingerprint density at radius 1 is 0.966 bits per heavy atom. The van der Waals surface area contributed by atoms with Crippen LogP contribution in [0.2, 0.25) is 0 Å². The fourth-order valence-electron chi connectivity index (χ4n) is 2.15. The summed E-state index contributed by atoms with van der Waals surface area (Å²) >= 11 is 3.86. The normalized spacial score (nSPS) is 15.0. The van der Waals surface area contributed by atoms with Crippen LogP contribution in [0.15, 0.2) is 0 Å². The smallest absolute Gasteiger partial charge is 0.326 e. The van der Waals surface area contributed by atoms with Crippen molar-refractivity contribution in [1.29, 1.82) is 0 Å². The summed E-state index contributed by atoms with van der Waals surface area (Å²) in [6.07, 6.45) is -0.474. The van der Waals surface area contributed by atoms with Crippen LogP contribution in [-0.2, 0) is 24.0 Å². The minimum absolute atomic E-state index is 0.00101. The Hall–Kier alpha value is -2.38. The lowest BCUT2D eigenvalue weighted by molar-refractivity contribution is -0.143. The highest BCUT2D eigenvalue weighted by atomic mass is 32.1. The van der Waals surface area contributed by atoms with Gasteiger partial charge in [-0.05, 0) is 12.3 Å². The van der Waals surface area contributed by atoms with Gasteiger partial charge >= 0.3 is 5.97 Å². The fraction of sp³-hybridized carbons (Fsp3) is 0.688. The average Bonchev–Trinajstić information content (AvgIpc) is 2.65. The van der Waals surface area contributed by atoms with E-state index in [0.717, 1.165) is 0 Å². The van der Waals surface area contributed by atoms with Gasteiger partial charge in [0.2, 0.25) is 23.6 Å². The van der Waals surface area contributed by atoms with Gasteiger partial charge in [0.25, 0.3) is 0 Å². The van der Waals surface area contributed by atoms with Crippen LogP contribution in [0.1, 0.15) is 26.7 Å². The Balaban J connectivity index is 5.30. The standard InChI is InChI=1S/C16H29N5O7S/c1-7(2)12(16(27)28)21-14(25)9(3-4-11(18)23)19-15(26)10(5-22)20-13(24)8(17)6-29/h7-10,12,22,29H,3-6,17H2,1-2H3,(H2,18,23)(H,19,26)(H,20,24)(H,21,25)(H,27,28). The summed E-state index contributed by atoms with van der Waals surface area (Å²) in [5.74, 6) is -4.96. The highest BCUT2D eigenvalue weighted by Crippen LogP contribution is 2.05. The first kappa shape index (κ1) is 26.6. The molecule has 0 fully saturated rings. The molecule has 0 bridgehead atoms. The number of rotatable bonds is 13. The monoisotopic (exact) mass is 435 g/mol. The number of thiol groups is 1. The van der Waals surface area contributed by atoms with E-state index in [4.69, 9.17) is 11.5 Å². The van der Waals surface area contributed by atoms with Crippen molar-refractivity contribution in [3.8, 4) is 0 Å². The second kappa shape index (κ2) is 13.0. The summed E-state index contributed by atoms with van der Waals surface area (Å²) in [5.41, 5.74) is 10.6. The van der Waals surface area contributed by atoms with Crippen molar-refractivity contribution in [2.45, 2.75) is 50.9 Å². The molecule has 29 heavy (non-hydrogen) atoms. The van der Waals surface area contributed by atoms with Crippen molar-refractivity contribution < 1.29 is 34.2 Å². The summed E-state index contributed by atoms with van der Waals surface area (Å²) < 4.78 is 0. The molecule has 0 saturated carbocycles. The van der Waals surface area contributed by atoms with Crippen LogP contribution in [0.5, 0.6) is 0 Å². The predicted octanol–water partition coefficient (Wildman–Crippen LogP) is -3.30. The number of hydrogen-bond acceptors (Lipinski definition) is 8. The van der Waals surface area contributed by atoms with Gasteiger partial charge in [0.05, 0.1) is 12.6 Å². The predicted molar refractivity (Wildman–Crippen MR) is 106 cm³/mol. The van der Waals surface area contributed by atoms with Gasteiger partial charge in [0.15, 0.2) is 0 Å². The maximum atomic E-state index is 12.5. The van der Waals surface area contributed by atoms with E-state index in [1.165, 1.54) is 0 Å². The van der Waals surface area contributed by atoms with E-state index in [2.05, 4.69) is 28.6 Å². The highest BCUT2D eigenvalue weighted by Gasteiger charge is 2.31. The van der Waals surface area contributed by atoms with E-state index >= 15 is 0 Å². The third-order valence-corrected chi connectivity index (χ3v) is 4.29. The van der Waals surface area contributed by atoms with Crippen molar-refractivity contribution in [1.82, 2.24) is 16.0 Å². The van der Waals surface area contributed by atoms with Crippen LogP contribution in [0.4, 0.5) is 0 Å². The van der Waals surface area contributed by atoms with Crippen molar-refractivity contribution in [2.75, 3.05) is 12.4 Å². The number of amides is 4. The van der Waals surface area contributed by atoms with Gasteiger partial charge in [-0.25, -0.2) is 4.79 Å². The zero-order valence-electron chi connectivity index (χ0n) is 16.3. The summed E-state index contributed by atoms with van der Waals surface area (Å²) in [4.78, 5) is 59.0. The number of carboxylic acid groups (broad SMARTS) is 1. The van der Waals surface area contributed by atoms with Gasteiger partial charge in [-0.15, -0.1) is 0 Å². The summed E-state index contributed by atoms with van der Waals surface area (Å²) in [6, 6.07) is -4.98. The molecular weight excluding hydrogens is 406 g/mol. The zero-order chi connectivity index (χ0) is 22.7. The lowest BCUT2D eigenvalue weighted by Crippen LogP contribution is -2.58. The zero-order valence-corrected chi connectivity index (χ0v) is 17.1. The first-order chi connectivity index (χ1) is 13.4. The molecule has 0 aliphatic rings. The van der Waals surface area contributed by atoms with E-state index in [-0.39, 0.29) is 18.6 Å². The number of nitrogens with one attached hydrogen (secondary N) is 3. The van der Waals surface area contributed by atoms with Crippen LogP contribution in [-0.4, -0.2) is 76.3 Å². The number of aliphatic hydroxyl groups excluding tert-OH is 1. The maximum absolute atomic E-state index is 12.5. The molecule has 0 aliphatic carbocycles. The molecule has 12 nitrogen and oxygen atoms in total. The molecule has 0 radical (unpaired) electrons. The number of primary amides is 1. The molecule has 4 atom stereocenters. The molecule has 0 rings (SSSR count). The van der Waals surface area contributed by atoms with Gasteiger partial charge in [-0.1, -0.05) is 13.8 Å². The number of carboxylic acids is 1. The topological polar surface area (TPSA) is 214 Å². The minimum atomic E-state index is -1.42. The molecule has 0 aromatic carbocycles. The van der Waals surface area contributed by atoms with E-state index in [0.29, 0.717) is 0 Å².